The van der Waals surface area contributed by atoms with Crippen LogP contribution in [-0.4, -0.2) is 42.4 Å². The van der Waals surface area contributed by atoms with E-state index in [0.717, 1.165) is 0 Å². The Morgan fingerprint density at radius 2 is 1.52 bits per heavy atom. The van der Waals surface area contributed by atoms with E-state index in [9.17, 15) is 14.4 Å². The Kier molecular flexibility index (Phi) is 7.71. The number of nitrogens with one attached hydrogen (secondary N) is 2. The molecule has 8 heteroatoms. The van der Waals surface area contributed by atoms with E-state index in [-0.39, 0.29) is 29.0 Å². The molecule has 0 saturated heterocycles. The van der Waals surface area contributed by atoms with Crippen molar-refractivity contribution < 1.29 is 23.9 Å². The van der Waals surface area contributed by atoms with Gasteiger partial charge < -0.3 is 20.1 Å². The van der Waals surface area contributed by atoms with Crippen LogP contribution in [0, 0.1) is 0 Å². The van der Waals surface area contributed by atoms with Crippen LogP contribution in [0.1, 0.15) is 39.7 Å². The Hall–Kier alpha value is -3.81. The average Bonchev–Trinajstić information content (AvgIpc) is 3.00. The van der Waals surface area contributed by atoms with Crippen molar-refractivity contribution in [3.05, 3.63) is 53.7 Å². The third kappa shape index (κ3) is 5.34. The van der Waals surface area contributed by atoms with Crippen molar-refractivity contribution in [2.45, 2.75) is 34.1 Å². The van der Waals surface area contributed by atoms with Gasteiger partial charge in [-0.15, -0.1) is 0 Å². The Labute approximate surface area is 193 Å². The summed E-state index contributed by atoms with van der Waals surface area (Å²) in [6.45, 7) is 8.38. The summed E-state index contributed by atoms with van der Waals surface area (Å²) >= 11 is 0. The molecule has 3 rings (SSSR count). The molecule has 3 amide bonds. The Bertz CT molecular complexity index is 1080. The maximum absolute atomic E-state index is 13.2. The fourth-order valence-corrected chi connectivity index (χ4v) is 3.58. The van der Waals surface area contributed by atoms with Gasteiger partial charge in [0.15, 0.2) is 11.5 Å². The number of amides is 3. The lowest BCUT2D eigenvalue weighted by atomic mass is 10.0. The van der Waals surface area contributed by atoms with Crippen LogP contribution in [0.15, 0.2) is 48.2 Å². The fraction of sp³-hybridized carbons (Fsp3) is 0.320. The molecule has 174 valence electrons. The van der Waals surface area contributed by atoms with Crippen molar-refractivity contribution in [1.82, 2.24) is 4.90 Å². The van der Waals surface area contributed by atoms with Crippen LogP contribution >= 0.6 is 0 Å². The highest BCUT2D eigenvalue weighted by Crippen LogP contribution is 2.34. The molecule has 0 aromatic heterocycles. The zero-order valence-corrected chi connectivity index (χ0v) is 19.4. The molecule has 0 radical (unpaired) electrons. The second-order valence-corrected chi connectivity index (χ2v) is 7.42. The summed E-state index contributed by atoms with van der Waals surface area (Å²) in [5.41, 5.74) is 2.28. The lowest BCUT2D eigenvalue weighted by Crippen LogP contribution is -2.33. The first-order chi connectivity index (χ1) is 15.9. The van der Waals surface area contributed by atoms with Gasteiger partial charge in [-0.25, -0.2) is 0 Å². The number of hydrogen-bond acceptors (Lipinski definition) is 6. The first-order valence-electron chi connectivity index (χ1n) is 11.0. The van der Waals surface area contributed by atoms with Gasteiger partial charge in [-0.05, 0) is 50.1 Å². The number of imide groups is 1. The second-order valence-electron chi connectivity index (χ2n) is 7.42. The molecule has 8 nitrogen and oxygen atoms in total. The van der Waals surface area contributed by atoms with E-state index in [2.05, 4.69) is 10.6 Å². The van der Waals surface area contributed by atoms with E-state index in [1.807, 2.05) is 20.8 Å². The Morgan fingerprint density at radius 3 is 2.12 bits per heavy atom. The van der Waals surface area contributed by atoms with Gasteiger partial charge in [-0.2, -0.15) is 0 Å². The largest absolute Gasteiger partial charge is 0.490 e. The van der Waals surface area contributed by atoms with Gasteiger partial charge in [0.1, 0.15) is 5.70 Å². The van der Waals surface area contributed by atoms with E-state index in [1.54, 1.807) is 42.5 Å². The van der Waals surface area contributed by atoms with Gasteiger partial charge >= 0.3 is 0 Å². The zero-order valence-electron chi connectivity index (χ0n) is 19.4. The summed E-state index contributed by atoms with van der Waals surface area (Å²) in [5.74, 6) is 0.232. The van der Waals surface area contributed by atoms with Gasteiger partial charge in [0.25, 0.3) is 11.8 Å². The van der Waals surface area contributed by atoms with Crippen LogP contribution in [0.3, 0.4) is 0 Å². The fourth-order valence-electron chi connectivity index (χ4n) is 3.58. The normalized spacial score (nSPS) is 13.4. The third-order valence-electron chi connectivity index (χ3n) is 4.92. The SMILES string of the molecule is CCCN1C(=O)C(Nc2ccc(OCC)c(OCC)c2)=C(c2ccc(NC(C)=O)cc2)C1=O. The average molecular weight is 452 g/mol. The Morgan fingerprint density at radius 1 is 0.879 bits per heavy atom. The molecule has 0 saturated carbocycles. The molecular weight excluding hydrogens is 422 g/mol. The lowest BCUT2D eigenvalue weighted by Gasteiger charge is -2.15. The van der Waals surface area contributed by atoms with E-state index in [0.29, 0.717) is 54.6 Å². The first kappa shape index (κ1) is 23.8. The third-order valence-corrected chi connectivity index (χ3v) is 4.92. The van der Waals surface area contributed by atoms with Gasteiger partial charge in [0.2, 0.25) is 5.91 Å². The maximum atomic E-state index is 13.2. The molecule has 0 aliphatic carbocycles. The van der Waals surface area contributed by atoms with Crippen LogP contribution in [0.5, 0.6) is 11.5 Å². The van der Waals surface area contributed by atoms with E-state index in [1.165, 1.54) is 11.8 Å². The number of anilines is 2. The number of nitrogens with zero attached hydrogens (tertiary/aromatic N) is 1. The highest BCUT2D eigenvalue weighted by atomic mass is 16.5. The van der Waals surface area contributed by atoms with Gasteiger partial charge in [0, 0.05) is 30.9 Å². The summed E-state index contributed by atoms with van der Waals surface area (Å²) in [6, 6.07) is 12.1. The minimum atomic E-state index is -0.380. The first-order valence-corrected chi connectivity index (χ1v) is 11.0. The minimum Gasteiger partial charge on any atom is -0.490 e. The highest BCUT2D eigenvalue weighted by molar-refractivity contribution is 6.36. The smallest absolute Gasteiger partial charge is 0.278 e. The minimum absolute atomic E-state index is 0.189. The molecule has 1 aliphatic heterocycles. The molecule has 0 atom stereocenters. The molecule has 2 aromatic carbocycles. The Balaban J connectivity index is 2.01. The standard InChI is InChI=1S/C25H29N3O5/c1-5-14-28-24(30)22(17-8-10-18(11-9-17)26-16(4)29)23(25(28)31)27-19-12-13-20(32-6-2)21(15-19)33-7-3/h8-13,15,27H,5-7,14H2,1-4H3,(H,26,29). The number of hydrogen-bond donors (Lipinski definition) is 2. The van der Waals surface area contributed by atoms with E-state index in [4.69, 9.17) is 9.47 Å². The maximum Gasteiger partial charge on any atom is 0.278 e. The highest BCUT2D eigenvalue weighted by Gasteiger charge is 2.38. The van der Waals surface area contributed by atoms with Crippen molar-refractivity contribution in [2.75, 3.05) is 30.4 Å². The van der Waals surface area contributed by atoms with Crippen LogP contribution < -0.4 is 20.1 Å². The van der Waals surface area contributed by atoms with Crippen molar-refractivity contribution in [3.8, 4) is 11.5 Å². The summed E-state index contributed by atoms with van der Waals surface area (Å²) in [4.78, 5) is 38.9. The molecule has 2 aromatic rings. The monoisotopic (exact) mass is 451 g/mol. The number of ether oxygens (including phenoxy) is 2. The van der Waals surface area contributed by atoms with E-state index < -0.39 is 0 Å². The van der Waals surface area contributed by atoms with Crippen molar-refractivity contribution in [2.24, 2.45) is 0 Å². The molecule has 1 aliphatic rings. The van der Waals surface area contributed by atoms with Gasteiger partial charge in [0.05, 0.1) is 18.8 Å². The lowest BCUT2D eigenvalue weighted by molar-refractivity contribution is -0.136. The predicted octanol–water partition coefficient (Wildman–Crippen LogP) is 4.04. The molecule has 1 heterocycles. The molecule has 0 fully saturated rings. The molecule has 2 N–H and O–H groups in total. The summed E-state index contributed by atoms with van der Waals surface area (Å²) in [6.07, 6.45) is 0.650. The quantitative estimate of drug-likeness (QED) is 0.529. The second kappa shape index (κ2) is 10.7. The topological polar surface area (TPSA) is 97.0 Å². The zero-order chi connectivity index (χ0) is 24.0. The van der Waals surface area contributed by atoms with Crippen LogP contribution in [-0.2, 0) is 14.4 Å². The van der Waals surface area contributed by atoms with Crippen molar-refractivity contribution in [3.63, 3.8) is 0 Å². The molecule has 0 bridgehead atoms. The summed E-state index contributed by atoms with van der Waals surface area (Å²) in [5, 5.41) is 5.83. The molecule has 0 unspecified atom stereocenters. The predicted molar refractivity (Wildman–Crippen MR) is 127 cm³/mol. The van der Waals surface area contributed by atoms with Crippen LogP contribution in [0.4, 0.5) is 11.4 Å². The van der Waals surface area contributed by atoms with Gasteiger partial charge in [-0.3, -0.25) is 19.3 Å². The molecular formula is C25H29N3O5. The summed E-state index contributed by atoms with van der Waals surface area (Å²) in [7, 11) is 0. The number of rotatable bonds is 10. The van der Waals surface area contributed by atoms with E-state index >= 15 is 0 Å². The van der Waals surface area contributed by atoms with Gasteiger partial charge in [-0.1, -0.05) is 19.1 Å². The number of carbonyl (C=O) groups is 3. The molecule has 33 heavy (non-hydrogen) atoms. The van der Waals surface area contributed by atoms with Crippen molar-refractivity contribution in [1.29, 1.82) is 0 Å². The van der Waals surface area contributed by atoms with Crippen LogP contribution in [0.2, 0.25) is 0 Å². The number of carbonyl (C=O) groups excluding carboxylic acids is 3. The van der Waals surface area contributed by atoms with Crippen LogP contribution in [0.25, 0.3) is 5.57 Å². The number of benzene rings is 2. The van der Waals surface area contributed by atoms with Crippen molar-refractivity contribution >= 4 is 34.7 Å². The summed E-state index contributed by atoms with van der Waals surface area (Å²) < 4.78 is 11.3. The molecule has 0 spiro atoms.